The molecule has 4 heteroatoms. The zero-order valence-corrected chi connectivity index (χ0v) is 18.4. The summed E-state index contributed by atoms with van der Waals surface area (Å²) < 4.78 is 11.6. The minimum Gasteiger partial charge on any atom is -0.469 e. The number of hydrogen-bond donors (Lipinski definition) is 1. The Kier molecular flexibility index (Phi) is 5.55. The van der Waals surface area contributed by atoms with Crippen LogP contribution in [-0.4, -0.2) is 24.7 Å². The number of furan rings is 1. The van der Waals surface area contributed by atoms with Gasteiger partial charge in [0.25, 0.3) is 0 Å². The Balaban J connectivity index is 1.24. The lowest BCUT2D eigenvalue weighted by Crippen LogP contribution is -2.47. The molecule has 164 valence electrons. The van der Waals surface area contributed by atoms with E-state index in [0.29, 0.717) is 23.8 Å². The van der Waals surface area contributed by atoms with E-state index in [4.69, 9.17) is 9.15 Å². The van der Waals surface area contributed by atoms with Crippen molar-refractivity contribution in [2.45, 2.75) is 83.3 Å². The van der Waals surface area contributed by atoms with Crippen LogP contribution in [0.2, 0.25) is 0 Å². The summed E-state index contributed by atoms with van der Waals surface area (Å²) in [6.07, 6.45) is 13.6. The van der Waals surface area contributed by atoms with Gasteiger partial charge in [0.1, 0.15) is 11.9 Å². The van der Waals surface area contributed by atoms with Gasteiger partial charge in [-0.15, -0.1) is 0 Å². The van der Waals surface area contributed by atoms with Crippen LogP contribution < -0.4 is 5.32 Å². The molecule has 3 saturated carbocycles. The molecule has 5 rings (SSSR count). The first-order valence-corrected chi connectivity index (χ1v) is 12.2. The molecule has 1 N–H and O–H groups in total. The van der Waals surface area contributed by atoms with Crippen LogP contribution in [0.25, 0.3) is 0 Å². The molecule has 0 aromatic carbocycles. The normalized spacial score (nSPS) is 41.2. The monoisotopic (exact) mass is 411 g/mol. The van der Waals surface area contributed by atoms with E-state index in [0.717, 1.165) is 38.0 Å². The first kappa shape index (κ1) is 20.4. The molecule has 2 heterocycles. The van der Waals surface area contributed by atoms with Gasteiger partial charge in [-0.25, -0.2) is 0 Å². The van der Waals surface area contributed by atoms with Gasteiger partial charge in [0.2, 0.25) is 0 Å². The van der Waals surface area contributed by atoms with Crippen LogP contribution in [-0.2, 0) is 16.0 Å². The largest absolute Gasteiger partial charge is 0.469 e. The number of hydrogen-bond acceptors (Lipinski definition) is 4. The van der Waals surface area contributed by atoms with Crippen LogP contribution >= 0.6 is 0 Å². The molecule has 1 aromatic rings. The number of carbonyl (C=O) groups is 1. The van der Waals surface area contributed by atoms with E-state index >= 15 is 0 Å². The number of rotatable bonds is 5. The van der Waals surface area contributed by atoms with Gasteiger partial charge in [0.15, 0.2) is 0 Å². The lowest BCUT2D eigenvalue weighted by Gasteiger charge is -2.50. The van der Waals surface area contributed by atoms with E-state index in [-0.39, 0.29) is 23.4 Å². The molecule has 4 nitrogen and oxygen atoms in total. The second-order valence-corrected chi connectivity index (χ2v) is 10.7. The molecule has 0 amide bonds. The average molecular weight is 412 g/mol. The molecule has 0 bridgehead atoms. The van der Waals surface area contributed by atoms with Crippen molar-refractivity contribution in [3.8, 4) is 0 Å². The number of fused-ring (bicyclic) bond motifs is 2. The first-order valence-electron chi connectivity index (χ1n) is 12.2. The highest BCUT2D eigenvalue weighted by molar-refractivity contribution is 5.75. The molecule has 30 heavy (non-hydrogen) atoms. The van der Waals surface area contributed by atoms with Crippen molar-refractivity contribution in [1.82, 2.24) is 5.32 Å². The Morgan fingerprint density at radius 1 is 1.27 bits per heavy atom. The topological polar surface area (TPSA) is 51.5 Å². The van der Waals surface area contributed by atoms with Crippen LogP contribution in [0.1, 0.15) is 70.5 Å². The van der Waals surface area contributed by atoms with Crippen molar-refractivity contribution in [1.29, 1.82) is 0 Å². The summed E-state index contributed by atoms with van der Waals surface area (Å²) in [5.41, 5.74) is 1.69. The fourth-order valence-electron chi connectivity index (χ4n) is 7.18. The summed E-state index contributed by atoms with van der Waals surface area (Å²) in [6, 6.07) is 4.53. The summed E-state index contributed by atoms with van der Waals surface area (Å²) >= 11 is 0. The number of ether oxygens (including phenoxy) is 1. The van der Waals surface area contributed by atoms with Crippen LogP contribution in [0.15, 0.2) is 35.0 Å². The molecule has 3 aliphatic carbocycles. The van der Waals surface area contributed by atoms with Crippen molar-refractivity contribution < 1.29 is 13.9 Å². The van der Waals surface area contributed by atoms with Crippen LogP contribution in [0.4, 0.5) is 0 Å². The fraction of sp³-hybridized carbons (Fsp3) is 0.731. The molecule has 1 aromatic heterocycles. The van der Waals surface area contributed by atoms with Gasteiger partial charge in [-0.2, -0.15) is 0 Å². The zero-order valence-electron chi connectivity index (χ0n) is 18.4. The van der Waals surface area contributed by atoms with Gasteiger partial charge >= 0.3 is 5.97 Å². The van der Waals surface area contributed by atoms with E-state index in [9.17, 15) is 4.79 Å². The molecule has 1 aliphatic heterocycles. The molecule has 4 fully saturated rings. The van der Waals surface area contributed by atoms with Crippen molar-refractivity contribution in [3.05, 3.63) is 36.3 Å². The van der Waals surface area contributed by atoms with Gasteiger partial charge in [0, 0.05) is 24.9 Å². The molecule has 0 unspecified atom stereocenters. The summed E-state index contributed by atoms with van der Waals surface area (Å²) in [7, 11) is 0. The lowest BCUT2D eigenvalue weighted by molar-refractivity contribution is -0.146. The zero-order chi connectivity index (χ0) is 20.7. The molecule has 7 atom stereocenters. The third-order valence-electron chi connectivity index (χ3n) is 8.87. The lowest BCUT2D eigenvalue weighted by atomic mass is 9.55. The molecule has 0 radical (unpaired) electrons. The summed E-state index contributed by atoms with van der Waals surface area (Å²) in [6.45, 7) is 7.58. The molecular formula is C26H37NO3. The predicted octanol–water partition coefficient (Wildman–Crippen LogP) is 5.28. The highest BCUT2D eigenvalue weighted by Gasteiger charge is 2.55. The summed E-state index contributed by atoms with van der Waals surface area (Å²) in [5, 5.41) is 3.82. The van der Waals surface area contributed by atoms with Crippen molar-refractivity contribution in [3.63, 3.8) is 0 Å². The smallest absolute Gasteiger partial charge is 0.310 e. The highest BCUT2D eigenvalue weighted by Crippen LogP contribution is 2.56. The van der Waals surface area contributed by atoms with Gasteiger partial charge in [-0.05, 0) is 74.3 Å². The predicted molar refractivity (Wildman–Crippen MR) is 117 cm³/mol. The van der Waals surface area contributed by atoms with Crippen LogP contribution in [0.5, 0.6) is 0 Å². The molecule has 4 aliphatic rings. The quantitative estimate of drug-likeness (QED) is 0.529. The van der Waals surface area contributed by atoms with Gasteiger partial charge in [-0.3, -0.25) is 4.79 Å². The Morgan fingerprint density at radius 2 is 2.13 bits per heavy atom. The van der Waals surface area contributed by atoms with Gasteiger partial charge < -0.3 is 14.5 Å². The van der Waals surface area contributed by atoms with E-state index in [1.807, 2.05) is 6.07 Å². The minimum absolute atomic E-state index is 0.000431. The third kappa shape index (κ3) is 3.77. The average Bonchev–Trinajstić information content (AvgIpc) is 3.33. The number of allylic oxidation sites excluding steroid dienone is 1. The first-order chi connectivity index (χ1) is 14.5. The number of esters is 1. The van der Waals surface area contributed by atoms with E-state index in [1.54, 1.807) is 6.26 Å². The maximum atomic E-state index is 12.8. The summed E-state index contributed by atoms with van der Waals surface area (Å²) in [4.78, 5) is 12.8. The number of carbonyl (C=O) groups excluding carboxylic acids is 1. The fourth-order valence-corrected chi connectivity index (χ4v) is 7.18. The van der Waals surface area contributed by atoms with E-state index < -0.39 is 0 Å². The van der Waals surface area contributed by atoms with Crippen molar-refractivity contribution >= 4 is 5.97 Å². The van der Waals surface area contributed by atoms with Gasteiger partial charge in [-0.1, -0.05) is 31.9 Å². The van der Waals surface area contributed by atoms with E-state index in [1.165, 1.54) is 44.1 Å². The van der Waals surface area contributed by atoms with Crippen LogP contribution in [0.3, 0.4) is 0 Å². The second-order valence-electron chi connectivity index (χ2n) is 10.7. The molecule has 0 spiro atoms. The minimum atomic E-state index is 0.000431. The maximum absolute atomic E-state index is 12.8. The third-order valence-corrected chi connectivity index (χ3v) is 8.87. The Bertz CT molecular complexity index is 771. The van der Waals surface area contributed by atoms with E-state index in [2.05, 4.69) is 24.9 Å². The molecular weight excluding hydrogens is 374 g/mol. The standard InChI is InChI=1S/C26H37NO3/c1-17-7-5-11-26(2)15-24-20(14-22(17)26)21(25(28)30-24)16-27-23-10-4-3-8-18(23)13-19-9-6-12-29-19/h6,9,12,18,20-24,27H,1,3-5,7-8,10-11,13-16H2,2H3/t18-,20+,21-,22-,23+,24-,26-/m1/s1. The van der Waals surface area contributed by atoms with Crippen molar-refractivity contribution in [2.75, 3.05) is 6.54 Å². The molecule has 1 saturated heterocycles. The maximum Gasteiger partial charge on any atom is 0.310 e. The second kappa shape index (κ2) is 8.18. The Hall–Kier alpha value is -1.55. The van der Waals surface area contributed by atoms with Crippen LogP contribution in [0, 0.1) is 29.1 Å². The Labute approximate surface area is 180 Å². The Morgan fingerprint density at radius 3 is 2.97 bits per heavy atom. The van der Waals surface area contributed by atoms with Gasteiger partial charge in [0.05, 0.1) is 12.2 Å². The number of nitrogens with one attached hydrogen (secondary N) is 1. The van der Waals surface area contributed by atoms with Crippen molar-refractivity contribution in [2.24, 2.45) is 29.1 Å². The highest BCUT2D eigenvalue weighted by atomic mass is 16.6. The summed E-state index contributed by atoms with van der Waals surface area (Å²) in [5.74, 6) is 2.61. The SMILES string of the molecule is C=C1CCC[C@]2(C)C[C@H]3OC(=O)[C@H](CN[C@H]4CCCC[C@@H]4Cc4ccco4)[C@@H]3C[C@H]12.